The first kappa shape index (κ1) is 13.1. The van der Waals surface area contributed by atoms with Gasteiger partial charge >= 0.3 is 0 Å². The maximum atomic E-state index is 5.99. The third kappa shape index (κ3) is 2.75. The Balaban J connectivity index is 2.43. The van der Waals surface area contributed by atoms with Gasteiger partial charge in [-0.1, -0.05) is 33.6 Å². The molecular weight excluding hydrogens is 316 g/mol. The van der Waals surface area contributed by atoms with Gasteiger partial charge in [0, 0.05) is 14.8 Å². The van der Waals surface area contributed by atoms with Crippen LogP contribution in [0.3, 0.4) is 0 Å². The summed E-state index contributed by atoms with van der Waals surface area (Å²) in [5.41, 5.74) is 3.87. The summed E-state index contributed by atoms with van der Waals surface area (Å²) < 4.78 is 0. The van der Waals surface area contributed by atoms with Crippen molar-refractivity contribution in [3.8, 4) is 0 Å². The molecule has 1 aromatic carbocycles. The van der Waals surface area contributed by atoms with Crippen LogP contribution in [-0.4, -0.2) is 0 Å². The van der Waals surface area contributed by atoms with E-state index in [0.717, 1.165) is 5.02 Å². The van der Waals surface area contributed by atoms with Crippen molar-refractivity contribution in [3.63, 3.8) is 0 Å². The zero-order valence-corrected chi connectivity index (χ0v) is 13.2. The number of hydrogen-bond donors (Lipinski definition) is 0. The van der Waals surface area contributed by atoms with Crippen LogP contribution < -0.4 is 0 Å². The molecule has 0 spiro atoms. The molecule has 0 saturated carbocycles. The Morgan fingerprint density at radius 1 is 1.12 bits per heavy atom. The predicted octanol–water partition coefficient (Wildman–Crippen LogP) is 5.81. The van der Waals surface area contributed by atoms with Crippen molar-refractivity contribution in [1.29, 1.82) is 0 Å². The fourth-order valence-electron chi connectivity index (χ4n) is 1.98. The maximum absolute atomic E-state index is 5.99. The van der Waals surface area contributed by atoms with Crippen LogP contribution in [0.1, 0.15) is 31.3 Å². The highest BCUT2D eigenvalue weighted by atomic mass is 79.9. The molecule has 0 saturated heterocycles. The summed E-state index contributed by atoms with van der Waals surface area (Å²) >= 11 is 11.6. The van der Waals surface area contributed by atoms with E-state index < -0.39 is 0 Å². The second-order valence-electron chi connectivity index (χ2n) is 4.27. The van der Waals surface area contributed by atoms with E-state index in [1.807, 2.05) is 23.5 Å². The Kier molecular flexibility index (Phi) is 3.96. The average Bonchev–Trinajstić information content (AvgIpc) is 2.57. The molecule has 90 valence electrons. The van der Waals surface area contributed by atoms with Gasteiger partial charge in [-0.15, -0.1) is 11.3 Å². The van der Waals surface area contributed by atoms with Crippen LogP contribution in [0.2, 0.25) is 5.02 Å². The van der Waals surface area contributed by atoms with Crippen molar-refractivity contribution < 1.29 is 0 Å². The molecule has 17 heavy (non-hydrogen) atoms. The van der Waals surface area contributed by atoms with E-state index in [1.54, 1.807) is 0 Å². The second kappa shape index (κ2) is 5.13. The fraction of sp³-hybridized carbons (Fsp3) is 0.286. The Labute approximate surface area is 120 Å². The molecule has 0 bridgehead atoms. The first-order valence-corrected chi connectivity index (χ1v) is 7.57. The first-order chi connectivity index (χ1) is 7.99. The molecule has 1 heterocycles. The lowest BCUT2D eigenvalue weighted by molar-refractivity contribution is 1.16. The lowest BCUT2D eigenvalue weighted by atomic mass is 10.0. The van der Waals surface area contributed by atoms with Crippen LogP contribution >= 0.6 is 38.9 Å². The number of alkyl halides is 1. The Hall–Kier alpha value is -0.310. The van der Waals surface area contributed by atoms with E-state index in [4.69, 9.17) is 11.6 Å². The minimum absolute atomic E-state index is 0.262. The SMILES string of the molecule is Cc1cc(C)c(C(Br)c2ccc(Cl)cc2C)s1. The Morgan fingerprint density at radius 2 is 1.82 bits per heavy atom. The highest BCUT2D eigenvalue weighted by Gasteiger charge is 2.17. The molecular formula is C14H14BrClS. The third-order valence-electron chi connectivity index (χ3n) is 2.81. The van der Waals surface area contributed by atoms with Gasteiger partial charge in [-0.2, -0.15) is 0 Å². The molecule has 1 atom stereocenters. The highest BCUT2D eigenvalue weighted by molar-refractivity contribution is 9.09. The van der Waals surface area contributed by atoms with Crippen molar-refractivity contribution in [2.75, 3.05) is 0 Å². The van der Waals surface area contributed by atoms with Crippen molar-refractivity contribution in [3.05, 3.63) is 55.7 Å². The molecule has 2 aromatic rings. The maximum Gasteiger partial charge on any atom is 0.0743 e. The molecule has 1 aromatic heterocycles. The lowest BCUT2D eigenvalue weighted by Crippen LogP contribution is -1.94. The van der Waals surface area contributed by atoms with Crippen LogP contribution in [-0.2, 0) is 0 Å². The quantitative estimate of drug-likeness (QED) is 0.610. The molecule has 2 rings (SSSR count). The van der Waals surface area contributed by atoms with Crippen LogP contribution in [0.15, 0.2) is 24.3 Å². The van der Waals surface area contributed by atoms with Gasteiger partial charge in [0.1, 0.15) is 0 Å². The molecule has 1 unspecified atom stereocenters. The molecule has 0 fully saturated rings. The van der Waals surface area contributed by atoms with Gasteiger partial charge in [-0.25, -0.2) is 0 Å². The predicted molar refractivity (Wildman–Crippen MR) is 80.8 cm³/mol. The van der Waals surface area contributed by atoms with E-state index in [9.17, 15) is 0 Å². The number of rotatable bonds is 2. The van der Waals surface area contributed by atoms with Gasteiger partial charge in [0.05, 0.1) is 4.83 Å². The standard InChI is InChI=1S/C14H14BrClS/c1-8-7-11(16)4-5-12(8)13(15)14-9(2)6-10(3)17-14/h4-7,13H,1-3H3. The molecule has 0 aliphatic heterocycles. The van der Waals surface area contributed by atoms with Gasteiger partial charge in [0.2, 0.25) is 0 Å². The van der Waals surface area contributed by atoms with Gasteiger partial charge in [0.15, 0.2) is 0 Å². The molecule has 0 radical (unpaired) electrons. The molecule has 3 heteroatoms. The van der Waals surface area contributed by atoms with Crippen molar-refractivity contribution in [2.45, 2.75) is 25.6 Å². The largest absolute Gasteiger partial charge is 0.144 e. The highest BCUT2D eigenvalue weighted by Crippen LogP contribution is 2.39. The summed E-state index contributed by atoms with van der Waals surface area (Å²) in [5, 5.41) is 0.796. The average molecular weight is 330 g/mol. The smallest absolute Gasteiger partial charge is 0.0743 e. The van der Waals surface area contributed by atoms with Gasteiger partial charge in [-0.3, -0.25) is 0 Å². The topological polar surface area (TPSA) is 0 Å². The van der Waals surface area contributed by atoms with E-state index in [0.29, 0.717) is 0 Å². The molecule has 0 aliphatic carbocycles. The Bertz CT molecular complexity index is 545. The van der Waals surface area contributed by atoms with Crippen molar-refractivity contribution >= 4 is 38.9 Å². The van der Waals surface area contributed by atoms with Crippen molar-refractivity contribution in [1.82, 2.24) is 0 Å². The van der Waals surface area contributed by atoms with E-state index in [1.165, 1.54) is 26.4 Å². The van der Waals surface area contributed by atoms with Crippen LogP contribution in [0.25, 0.3) is 0 Å². The van der Waals surface area contributed by atoms with Gasteiger partial charge in [0.25, 0.3) is 0 Å². The minimum atomic E-state index is 0.262. The molecule has 0 amide bonds. The lowest BCUT2D eigenvalue weighted by Gasteiger charge is -2.13. The Morgan fingerprint density at radius 3 is 2.35 bits per heavy atom. The number of halogens is 2. The zero-order chi connectivity index (χ0) is 12.6. The zero-order valence-electron chi connectivity index (χ0n) is 10.1. The molecule has 0 N–H and O–H groups in total. The summed E-state index contributed by atoms with van der Waals surface area (Å²) in [6, 6.07) is 8.31. The van der Waals surface area contributed by atoms with E-state index >= 15 is 0 Å². The van der Waals surface area contributed by atoms with E-state index in [2.05, 4.69) is 48.8 Å². The molecule has 0 nitrogen and oxygen atoms in total. The minimum Gasteiger partial charge on any atom is -0.144 e. The summed E-state index contributed by atoms with van der Waals surface area (Å²) in [7, 11) is 0. The van der Waals surface area contributed by atoms with E-state index in [-0.39, 0.29) is 4.83 Å². The normalized spacial score (nSPS) is 12.8. The summed E-state index contributed by atoms with van der Waals surface area (Å²) in [5.74, 6) is 0. The number of thiophene rings is 1. The summed E-state index contributed by atoms with van der Waals surface area (Å²) in [6.07, 6.45) is 0. The second-order valence-corrected chi connectivity index (χ2v) is 6.91. The van der Waals surface area contributed by atoms with Gasteiger partial charge in [-0.05, 0) is 55.7 Å². The number of hydrogen-bond acceptors (Lipinski definition) is 1. The van der Waals surface area contributed by atoms with Crippen LogP contribution in [0, 0.1) is 20.8 Å². The summed E-state index contributed by atoms with van der Waals surface area (Å²) in [4.78, 5) is 3.00. The fourth-order valence-corrected chi connectivity index (χ4v) is 4.39. The summed E-state index contributed by atoms with van der Waals surface area (Å²) in [6.45, 7) is 6.42. The first-order valence-electron chi connectivity index (χ1n) is 5.46. The van der Waals surface area contributed by atoms with Gasteiger partial charge < -0.3 is 0 Å². The third-order valence-corrected chi connectivity index (χ3v) is 5.52. The number of benzene rings is 1. The van der Waals surface area contributed by atoms with Crippen LogP contribution in [0.4, 0.5) is 0 Å². The monoisotopic (exact) mass is 328 g/mol. The van der Waals surface area contributed by atoms with Crippen LogP contribution in [0.5, 0.6) is 0 Å². The van der Waals surface area contributed by atoms with Crippen molar-refractivity contribution in [2.24, 2.45) is 0 Å². The molecule has 0 aliphatic rings. The number of aryl methyl sites for hydroxylation is 3.